The van der Waals surface area contributed by atoms with Gasteiger partial charge >= 0.3 is 0 Å². The summed E-state index contributed by atoms with van der Waals surface area (Å²) in [4.78, 5) is 12.6. The van der Waals surface area contributed by atoms with Crippen molar-refractivity contribution in [2.24, 2.45) is 11.8 Å². The molecule has 1 saturated heterocycles. The molecule has 1 aliphatic heterocycles. The molecule has 0 aromatic rings. The van der Waals surface area contributed by atoms with Crippen LogP contribution in [0, 0.1) is 11.8 Å². The van der Waals surface area contributed by atoms with Crippen molar-refractivity contribution in [1.82, 2.24) is 0 Å². The van der Waals surface area contributed by atoms with E-state index in [2.05, 4.69) is 0 Å². The Bertz CT molecular complexity index is 311. The standard InChI is InChI=1S/C17H28O2/c18-16(12-14-6-2-1-3-7-14)15-8-11-19-17(13-15)9-4-5-10-17/h14-15H,1-13H2. The van der Waals surface area contributed by atoms with Crippen molar-refractivity contribution in [1.29, 1.82) is 0 Å². The highest BCUT2D eigenvalue weighted by molar-refractivity contribution is 5.81. The summed E-state index contributed by atoms with van der Waals surface area (Å²) in [6.07, 6.45) is 14.5. The fourth-order valence-electron chi connectivity index (χ4n) is 4.51. The monoisotopic (exact) mass is 264 g/mol. The van der Waals surface area contributed by atoms with Gasteiger partial charge in [0.2, 0.25) is 0 Å². The van der Waals surface area contributed by atoms with Crippen LogP contribution in [0.2, 0.25) is 0 Å². The van der Waals surface area contributed by atoms with Crippen molar-refractivity contribution in [3.05, 3.63) is 0 Å². The predicted octanol–water partition coefficient (Wildman–Crippen LogP) is 4.27. The molecule has 2 heteroatoms. The molecule has 2 nitrogen and oxygen atoms in total. The van der Waals surface area contributed by atoms with Crippen LogP contribution in [0.25, 0.3) is 0 Å². The van der Waals surface area contributed by atoms with E-state index in [0.29, 0.717) is 17.6 Å². The Morgan fingerprint density at radius 3 is 2.47 bits per heavy atom. The summed E-state index contributed by atoms with van der Waals surface area (Å²) < 4.78 is 6.04. The Kier molecular flexibility index (Phi) is 4.26. The number of carbonyl (C=O) groups is 1. The van der Waals surface area contributed by atoms with E-state index in [1.807, 2.05) is 0 Å². The minimum atomic E-state index is 0.102. The van der Waals surface area contributed by atoms with Gasteiger partial charge in [0.15, 0.2) is 0 Å². The summed E-state index contributed by atoms with van der Waals surface area (Å²) in [7, 11) is 0. The van der Waals surface area contributed by atoms with Gasteiger partial charge in [-0.15, -0.1) is 0 Å². The van der Waals surface area contributed by atoms with Gasteiger partial charge in [0, 0.05) is 18.9 Å². The van der Waals surface area contributed by atoms with Gasteiger partial charge in [-0.2, -0.15) is 0 Å². The molecule has 0 amide bonds. The quantitative estimate of drug-likeness (QED) is 0.761. The predicted molar refractivity (Wildman–Crippen MR) is 76.1 cm³/mol. The molecule has 2 saturated carbocycles. The molecule has 0 bridgehead atoms. The van der Waals surface area contributed by atoms with Crippen molar-refractivity contribution in [3.8, 4) is 0 Å². The average Bonchev–Trinajstić information content (AvgIpc) is 2.88. The molecule has 3 fully saturated rings. The number of rotatable bonds is 3. The zero-order valence-corrected chi connectivity index (χ0v) is 12.2. The lowest BCUT2D eigenvalue weighted by Crippen LogP contribution is -2.40. The van der Waals surface area contributed by atoms with Crippen molar-refractivity contribution in [2.75, 3.05) is 6.61 Å². The van der Waals surface area contributed by atoms with E-state index in [9.17, 15) is 4.79 Å². The third kappa shape index (κ3) is 3.21. The summed E-state index contributed by atoms with van der Waals surface area (Å²) in [5.41, 5.74) is 0.102. The molecule has 3 aliphatic rings. The maximum Gasteiger partial charge on any atom is 0.136 e. The molecule has 1 unspecified atom stereocenters. The fourth-order valence-corrected chi connectivity index (χ4v) is 4.51. The maximum absolute atomic E-state index is 12.6. The van der Waals surface area contributed by atoms with E-state index in [4.69, 9.17) is 4.74 Å². The Labute approximate surface area is 117 Å². The molecule has 0 radical (unpaired) electrons. The Balaban J connectivity index is 1.54. The lowest BCUT2D eigenvalue weighted by molar-refractivity contribution is -0.137. The molecular formula is C17H28O2. The third-order valence-corrected chi connectivity index (χ3v) is 5.68. The zero-order chi connectivity index (χ0) is 13.1. The van der Waals surface area contributed by atoms with Gasteiger partial charge in [-0.25, -0.2) is 0 Å². The zero-order valence-electron chi connectivity index (χ0n) is 12.2. The molecule has 1 heterocycles. The Morgan fingerprint density at radius 2 is 1.74 bits per heavy atom. The van der Waals surface area contributed by atoms with Gasteiger partial charge in [0.1, 0.15) is 5.78 Å². The van der Waals surface area contributed by atoms with Crippen LogP contribution in [0.5, 0.6) is 0 Å². The molecule has 0 aromatic heterocycles. The Hall–Kier alpha value is -0.370. The molecule has 2 aliphatic carbocycles. The average molecular weight is 264 g/mol. The van der Waals surface area contributed by atoms with E-state index in [-0.39, 0.29) is 5.60 Å². The maximum atomic E-state index is 12.6. The first-order chi connectivity index (χ1) is 9.27. The van der Waals surface area contributed by atoms with Gasteiger partial charge in [0.05, 0.1) is 5.60 Å². The second kappa shape index (κ2) is 5.95. The summed E-state index contributed by atoms with van der Waals surface area (Å²) in [6, 6.07) is 0. The highest BCUT2D eigenvalue weighted by Crippen LogP contribution is 2.43. The highest BCUT2D eigenvalue weighted by atomic mass is 16.5. The van der Waals surface area contributed by atoms with Crippen molar-refractivity contribution >= 4 is 5.78 Å². The second-order valence-electron chi connectivity index (χ2n) is 7.10. The summed E-state index contributed by atoms with van der Waals surface area (Å²) >= 11 is 0. The minimum Gasteiger partial charge on any atom is -0.375 e. The number of hydrogen-bond donors (Lipinski definition) is 0. The van der Waals surface area contributed by atoms with Gasteiger partial charge in [-0.05, 0) is 31.6 Å². The smallest absolute Gasteiger partial charge is 0.136 e. The fraction of sp³-hybridized carbons (Fsp3) is 0.941. The first-order valence-electron chi connectivity index (χ1n) is 8.44. The first-order valence-corrected chi connectivity index (χ1v) is 8.44. The van der Waals surface area contributed by atoms with Crippen LogP contribution in [0.4, 0.5) is 0 Å². The van der Waals surface area contributed by atoms with Crippen LogP contribution in [0.3, 0.4) is 0 Å². The van der Waals surface area contributed by atoms with Crippen LogP contribution in [-0.4, -0.2) is 18.0 Å². The van der Waals surface area contributed by atoms with Crippen LogP contribution in [0.15, 0.2) is 0 Å². The molecule has 3 rings (SSSR count). The molecule has 0 N–H and O–H groups in total. The summed E-state index contributed by atoms with van der Waals surface area (Å²) in [5.74, 6) is 1.57. The van der Waals surface area contributed by atoms with E-state index >= 15 is 0 Å². The van der Waals surface area contributed by atoms with E-state index in [1.165, 1.54) is 57.8 Å². The topological polar surface area (TPSA) is 26.3 Å². The second-order valence-corrected chi connectivity index (χ2v) is 7.10. The number of ether oxygens (including phenoxy) is 1. The van der Waals surface area contributed by atoms with Crippen LogP contribution >= 0.6 is 0 Å². The van der Waals surface area contributed by atoms with Gasteiger partial charge in [-0.3, -0.25) is 4.79 Å². The van der Waals surface area contributed by atoms with Crippen molar-refractivity contribution < 1.29 is 9.53 Å². The highest BCUT2D eigenvalue weighted by Gasteiger charge is 2.41. The van der Waals surface area contributed by atoms with Gasteiger partial charge in [0.25, 0.3) is 0 Å². The normalized spacial score (nSPS) is 31.7. The van der Waals surface area contributed by atoms with Gasteiger partial charge < -0.3 is 4.74 Å². The number of Topliss-reactive ketones (excluding diaryl/α,β-unsaturated/α-hetero) is 1. The van der Waals surface area contributed by atoms with Crippen LogP contribution < -0.4 is 0 Å². The summed E-state index contributed by atoms with van der Waals surface area (Å²) in [6.45, 7) is 0.821. The van der Waals surface area contributed by atoms with E-state index in [1.54, 1.807) is 0 Å². The number of hydrogen-bond acceptors (Lipinski definition) is 2. The minimum absolute atomic E-state index is 0.102. The molecule has 1 spiro atoms. The lowest BCUT2D eigenvalue weighted by Gasteiger charge is -2.38. The van der Waals surface area contributed by atoms with Crippen LogP contribution in [-0.2, 0) is 9.53 Å². The van der Waals surface area contributed by atoms with Crippen LogP contribution in [0.1, 0.15) is 77.0 Å². The number of ketones is 1. The third-order valence-electron chi connectivity index (χ3n) is 5.68. The van der Waals surface area contributed by atoms with Gasteiger partial charge in [-0.1, -0.05) is 44.9 Å². The molecule has 0 aromatic carbocycles. The Morgan fingerprint density at radius 1 is 1.00 bits per heavy atom. The lowest BCUT2D eigenvalue weighted by atomic mass is 9.78. The molecule has 1 atom stereocenters. The first kappa shape index (κ1) is 13.6. The SMILES string of the molecule is O=C(CC1CCCCC1)C1CCOC2(CCCC2)C1. The largest absolute Gasteiger partial charge is 0.375 e. The summed E-state index contributed by atoms with van der Waals surface area (Å²) in [5, 5.41) is 0. The number of carbonyl (C=O) groups excluding carboxylic acids is 1. The molecular weight excluding hydrogens is 236 g/mol. The van der Waals surface area contributed by atoms with Crippen molar-refractivity contribution in [2.45, 2.75) is 82.7 Å². The van der Waals surface area contributed by atoms with E-state index < -0.39 is 0 Å². The molecule has 19 heavy (non-hydrogen) atoms. The van der Waals surface area contributed by atoms with Crippen molar-refractivity contribution in [3.63, 3.8) is 0 Å². The van der Waals surface area contributed by atoms with E-state index in [0.717, 1.165) is 25.9 Å². The molecule has 108 valence electrons.